The van der Waals surface area contributed by atoms with Gasteiger partial charge in [0.1, 0.15) is 5.75 Å². The summed E-state index contributed by atoms with van der Waals surface area (Å²) in [6.07, 6.45) is 4.60. The van der Waals surface area contributed by atoms with Crippen molar-refractivity contribution in [1.29, 1.82) is 0 Å². The van der Waals surface area contributed by atoms with Crippen molar-refractivity contribution in [3.8, 4) is 5.75 Å². The minimum Gasteiger partial charge on any atom is -0.496 e. The second-order valence-electron chi connectivity index (χ2n) is 7.11. The molecule has 3 rings (SSSR count). The Morgan fingerprint density at radius 2 is 2.07 bits per heavy atom. The first-order valence-electron chi connectivity index (χ1n) is 10.0. The molecule has 1 unspecified atom stereocenters. The van der Waals surface area contributed by atoms with Crippen LogP contribution in [0.4, 0.5) is 0 Å². The van der Waals surface area contributed by atoms with E-state index in [-0.39, 0.29) is 11.2 Å². The van der Waals surface area contributed by atoms with Crippen LogP contribution in [0.5, 0.6) is 5.75 Å². The lowest BCUT2D eigenvalue weighted by Crippen LogP contribution is -2.31. The fraction of sp³-hybridized carbons (Fsp3) is 0.348. The third kappa shape index (κ3) is 5.52. The van der Waals surface area contributed by atoms with Gasteiger partial charge in [-0.3, -0.25) is 9.69 Å². The highest BCUT2D eigenvalue weighted by molar-refractivity contribution is 9.10. The number of halogens is 1. The SMILES string of the molecule is CCCCC1S/C(=N\N=C\c2cc(Br)ccc2OC)N(Cc2ccccc2C)C1=O. The molecule has 1 fully saturated rings. The summed E-state index contributed by atoms with van der Waals surface area (Å²) in [5.41, 5.74) is 3.10. The Kier molecular flexibility index (Phi) is 8.10. The van der Waals surface area contributed by atoms with Crippen LogP contribution in [0.25, 0.3) is 0 Å². The van der Waals surface area contributed by atoms with Gasteiger partial charge in [0.15, 0.2) is 5.17 Å². The molecule has 0 bridgehead atoms. The minimum atomic E-state index is -0.0941. The quantitative estimate of drug-likeness (QED) is 0.349. The number of hydrogen-bond donors (Lipinski definition) is 0. The molecule has 158 valence electrons. The Morgan fingerprint density at radius 1 is 1.27 bits per heavy atom. The summed E-state index contributed by atoms with van der Waals surface area (Å²) in [7, 11) is 1.63. The van der Waals surface area contributed by atoms with E-state index in [1.807, 2.05) is 30.3 Å². The second kappa shape index (κ2) is 10.8. The van der Waals surface area contributed by atoms with Crippen LogP contribution in [-0.2, 0) is 11.3 Å². The number of amidine groups is 1. The Morgan fingerprint density at radius 3 is 2.80 bits per heavy atom. The van der Waals surface area contributed by atoms with Crippen molar-refractivity contribution in [3.63, 3.8) is 0 Å². The maximum Gasteiger partial charge on any atom is 0.242 e. The van der Waals surface area contributed by atoms with E-state index in [1.165, 1.54) is 11.8 Å². The Bertz CT molecular complexity index is 961. The van der Waals surface area contributed by atoms with Crippen LogP contribution in [0.15, 0.2) is 57.1 Å². The lowest BCUT2D eigenvalue weighted by atomic mass is 10.1. The zero-order valence-corrected chi connectivity index (χ0v) is 19.9. The predicted molar refractivity (Wildman–Crippen MR) is 128 cm³/mol. The zero-order valence-electron chi connectivity index (χ0n) is 17.5. The van der Waals surface area contributed by atoms with Gasteiger partial charge in [0.2, 0.25) is 5.91 Å². The molecule has 0 aliphatic carbocycles. The molecular weight excluding hydrogens is 462 g/mol. The highest BCUT2D eigenvalue weighted by Crippen LogP contribution is 2.32. The molecule has 1 amide bonds. The zero-order chi connectivity index (χ0) is 21.5. The molecule has 7 heteroatoms. The number of hydrogen-bond acceptors (Lipinski definition) is 5. The van der Waals surface area contributed by atoms with Gasteiger partial charge in [0, 0.05) is 10.0 Å². The van der Waals surface area contributed by atoms with Crippen LogP contribution < -0.4 is 4.74 Å². The molecule has 1 aliphatic heterocycles. The van der Waals surface area contributed by atoms with Crippen LogP contribution in [0, 0.1) is 6.92 Å². The molecular formula is C23H26BrN3O2S. The molecule has 0 saturated carbocycles. The van der Waals surface area contributed by atoms with Crippen molar-refractivity contribution in [2.45, 2.75) is 44.9 Å². The summed E-state index contributed by atoms with van der Waals surface area (Å²) in [6.45, 7) is 4.71. The number of methoxy groups -OCH3 is 1. The first-order chi connectivity index (χ1) is 14.5. The van der Waals surface area contributed by atoms with E-state index >= 15 is 0 Å². The van der Waals surface area contributed by atoms with Gasteiger partial charge >= 0.3 is 0 Å². The van der Waals surface area contributed by atoms with Gasteiger partial charge in [-0.25, -0.2) is 0 Å². The highest BCUT2D eigenvalue weighted by Gasteiger charge is 2.37. The number of aryl methyl sites for hydroxylation is 1. The van der Waals surface area contributed by atoms with E-state index in [9.17, 15) is 4.79 Å². The number of unbranched alkanes of at least 4 members (excludes halogenated alkanes) is 1. The average Bonchev–Trinajstić information content (AvgIpc) is 3.03. The molecule has 5 nitrogen and oxygen atoms in total. The fourth-order valence-corrected chi connectivity index (χ4v) is 4.73. The van der Waals surface area contributed by atoms with Crippen LogP contribution in [0.1, 0.15) is 42.9 Å². The van der Waals surface area contributed by atoms with Crippen molar-refractivity contribution in [3.05, 3.63) is 63.6 Å². The molecule has 1 atom stereocenters. The standard InChI is InChI=1S/C23H26BrN3O2S/c1-4-5-10-21-22(28)27(15-17-9-7-6-8-16(17)2)23(30-21)26-25-14-18-13-19(24)11-12-20(18)29-3/h6-9,11-14,21H,4-5,10,15H2,1-3H3/b25-14+,26-23-. The average molecular weight is 488 g/mol. The lowest BCUT2D eigenvalue weighted by molar-refractivity contribution is -0.126. The third-order valence-corrected chi connectivity index (χ3v) is 6.69. The van der Waals surface area contributed by atoms with Crippen LogP contribution in [0.2, 0.25) is 0 Å². The number of benzene rings is 2. The van der Waals surface area contributed by atoms with E-state index in [4.69, 9.17) is 4.74 Å². The first-order valence-corrected chi connectivity index (χ1v) is 11.7. The number of nitrogens with zero attached hydrogens (tertiary/aromatic N) is 3. The molecule has 2 aromatic rings. The summed E-state index contributed by atoms with van der Waals surface area (Å²) in [6, 6.07) is 13.8. The van der Waals surface area contributed by atoms with Crippen molar-refractivity contribution in [2.24, 2.45) is 10.2 Å². The summed E-state index contributed by atoms with van der Waals surface area (Å²) in [5.74, 6) is 0.834. The van der Waals surface area contributed by atoms with E-state index in [2.05, 4.69) is 52.1 Å². The Labute approximate surface area is 190 Å². The van der Waals surface area contributed by atoms with E-state index in [0.29, 0.717) is 11.7 Å². The second-order valence-corrected chi connectivity index (χ2v) is 9.20. The largest absolute Gasteiger partial charge is 0.496 e. The molecule has 0 aromatic heterocycles. The Hall–Kier alpha value is -2.12. The number of ether oxygens (including phenoxy) is 1. The van der Waals surface area contributed by atoms with Crippen LogP contribution in [0.3, 0.4) is 0 Å². The first kappa shape index (κ1) is 22.6. The van der Waals surface area contributed by atoms with Gasteiger partial charge < -0.3 is 4.74 Å². The van der Waals surface area contributed by atoms with Crippen molar-refractivity contribution >= 4 is 45.0 Å². The molecule has 2 aromatic carbocycles. The number of thioether (sulfide) groups is 1. The molecule has 30 heavy (non-hydrogen) atoms. The fourth-order valence-electron chi connectivity index (χ4n) is 3.21. The van der Waals surface area contributed by atoms with Crippen molar-refractivity contribution in [1.82, 2.24) is 4.90 Å². The maximum atomic E-state index is 13.1. The number of amides is 1. The van der Waals surface area contributed by atoms with E-state index < -0.39 is 0 Å². The molecule has 0 N–H and O–H groups in total. The molecule has 0 radical (unpaired) electrons. The van der Waals surface area contributed by atoms with Crippen molar-refractivity contribution < 1.29 is 9.53 Å². The smallest absolute Gasteiger partial charge is 0.242 e. The van der Waals surface area contributed by atoms with Crippen LogP contribution >= 0.6 is 27.7 Å². The van der Waals surface area contributed by atoms with Gasteiger partial charge in [-0.05, 0) is 42.7 Å². The van der Waals surface area contributed by atoms with Gasteiger partial charge in [-0.15, -0.1) is 5.10 Å². The number of carbonyl (C=O) groups is 1. The van der Waals surface area contributed by atoms with Gasteiger partial charge in [-0.1, -0.05) is 71.7 Å². The summed E-state index contributed by atoms with van der Waals surface area (Å²) >= 11 is 4.98. The van der Waals surface area contributed by atoms with Gasteiger partial charge in [0.05, 0.1) is 25.1 Å². The predicted octanol–water partition coefficient (Wildman–Crippen LogP) is 5.79. The summed E-state index contributed by atoms with van der Waals surface area (Å²) in [4.78, 5) is 14.8. The Balaban J connectivity index is 1.86. The van der Waals surface area contributed by atoms with Crippen molar-refractivity contribution in [2.75, 3.05) is 7.11 Å². The molecule has 1 heterocycles. The number of carbonyl (C=O) groups excluding carboxylic acids is 1. The minimum absolute atomic E-state index is 0.0941. The van der Waals surface area contributed by atoms with Crippen LogP contribution in [-0.4, -0.2) is 34.5 Å². The summed E-state index contributed by atoms with van der Waals surface area (Å²) in [5, 5.41) is 9.26. The monoisotopic (exact) mass is 487 g/mol. The van der Waals surface area contributed by atoms with Gasteiger partial charge in [0.25, 0.3) is 0 Å². The van der Waals surface area contributed by atoms with Gasteiger partial charge in [-0.2, -0.15) is 5.10 Å². The molecule has 1 aliphatic rings. The molecule has 0 spiro atoms. The maximum absolute atomic E-state index is 13.1. The summed E-state index contributed by atoms with van der Waals surface area (Å²) < 4.78 is 6.32. The molecule has 1 saturated heterocycles. The lowest BCUT2D eigenvalue weighted by Gasteiger charge is -2.17. The van der Waals surface area contributed by atoms with E-state index in [0.717, 1.165) is 46.2 Å². The normalized spacial score (nSPS) is 18.0. The topological polar surface area (TPSA) is 54.3 Å². The highest BCUT2D eigenvalue weighted by atomic mass is 79.9. The number of rotatable bonds is 8. The third-order valence-electron chi connectivity index (χ3n) is 4.96. The van der Waals surface area contributed by atoms with E-state index in [1.54, 1.807) is 18.2 Å².